The Morgan fingerprint density at radius 2 is 1.44 bits per heavy atom. The van der Waals surface area contributed by atoms with Crippen LogP contribution in [0.1, 0.15) is 71.6 Å². The summed E-state index contributed by atoms with van der Waals surface area (Å²) in [6.45, 7) is 4.75. The van der Waals surface area contributed by atoms with E-state index < -0.39 is 0 Å². The van der Waals surface area contributed by atoms with Gasteiger partial charge in [0.05, 0.1) is 0 Å². The first-order valence-electron chi connectivity index (χ1n) is 7.35. The molecule has 2 saturated carbocycles. The molecule has 2 unspecified atom stereocenters. The molecule has 0 aromatic carbocycles. The molecule has 2 N–H and O–H groups in total. The van der Waals surface area contributed by atoms with Crippen LogP contribution in [0.5, 0.6) is 0 Å². The van der Waals surface area contributed by atoms with E-state index in [2.05, 4.69) is 13.8 Å². The summed E-state index contributed by atoms with van der Waals surface area (Å²) >= 11 is 0. The molecule has 16 heavy (non-hydrogen) atoms. The lowest BCUT2D eigenvalue weighted by molar-refractivity contribution is 0.103. The lowest BCUT2D eigenvalue weighted by atomic mass is 9.64. The van der Waals surface area contributed by atoms with E-state index in [1.807, 2.05) is 0 Å². The van der Waals surface area contributed by atoms with Gasteiger partial charge in [-0.05, 0) is 36.5 Å². The van der Waals surface area contributed by atoms with Crippen molar-refractivity contribution < 1.29 is 0 Å². The van der Waals surface area contributed by atoms with E-state index in [1.54, 1.807) is 0 Å². The molecule has 0 bridgehead atoms. The Hall–Kier alpha value is -0.0400. The van der Waals surface area contributed by atoms with Crippen LogP contribution in [0, 0.1) is 17.3 Å². The third kappa shape index (κ3) is 2.80. The molecule has 1 heteroatoms. The first-order chi connectivity index (χ1) is 7.59. The molecule has 0 heterocycles. The molecule has 94 valence electrons. The molecule has 2 atom stereocenters. The fourth-order valence-corrected chi connectivity index (χ4v) is 3.90. The van der Waals surface area contributed by atoms with E-state index in [0.29, 0.717) is 11.5 Å². The second kappa shape index (κ2) is 5.08. The van der Waals surface area contributed by atoms with E-state index >= 15 is 0 Å². The van der Waals surface area contributed by atoms with Crippen LogP contribution in [0.25, 0.3) is 0 Å². The summed E-state index contributed by atoms with van der Waals surface area (Å²) in [5.41, 5.74) is 6.62. The lowest BCUT2D eigenvalue weighted by Gasteiger charge is -2.43. The zero-order valence-corrected chi connectivity index (χ0v) is 11.2. The van der Waals surface area contributed by atoms with Crippen LogP contribution in [0.3, 0.4) is 0 Å². The zero-order valence-electron chi connectivity index (χ0n) is 11.2. The fourth-order valence-electron chi connectivity index (χ4n) is 3.90. The van der Waals surface area contributed by atoms with Crippen LogP contribution in [-0.4, -0.2) is 6.04 Å². The van der Waals surface area contributed by atoms with Gasteiger partial charge in [-0.3, -0.25) is 0 Å². The molecule has 0 aromatic heterocycles. The summed E-state index contributed by atoms with van der Waals surface area (Å²) in [4.78, 5) is 0. The molecule has 2 aliphatic rings. The third-order valence-corrected chi connectivity index (χ3v) is 5.21. The monoisotopic (exact) mass is 223 g/mol. The van der Waals surface area contributed by atoms with Gasteiger partial charge < -0.3 is 5.73 Å². The molecule has 0 spiro atoms. The molecule has 0 radical (unpaired) electrons. The molecule has 2 aliphatic carbocycles. The number of hydrogen-bond acceptors (Lipinski definition) is 1. The van der Waals surface area contributed by atoms with Crippen molar-refractivity contribution in [1.29, 1.82) is 0 Å². The Bertz CT molecular complexity index is 213. The minimum atomic E-state index is 0.384. The van der Waals surface area contributed by atoms with Gasteiger partial charge in [0.2, 0.25) is 0 Å². The minimum absolute atomic E-state index is 0.384. The molecule has 2 rings (SSSR count). The Balaban J connectivity index is 1.94. The van der Waals surface area contributed by atoms with Crippen molar-refractivity contribution >= 4 is 0 Å². The van der Waals surface area contributed by atoms with Crippen LogP contribution >= 0.6 is 0 Å². The van der Waals surface area contributed by atoms with Crippen LogP contribution in [-0.2, 0) is 0 Å². The van der Waals surface area contributed by atoms with Crippen LogP contribution in [0.4, 0.5) is 0 Å². The lowest BCUT2D eigenvalue weighted by Crippen LogP contribution is -2.44. The molecule has 1 nitrogen and oxygen atoms in total. The van der Waals surface area contributed by atoms with E-state index in [4.69, 9.17) is 5.73 Å². The highest BCUT2D eigenvalue weighted by Gasteiger charge is 2.37. The van der Waals surface area contributed by atoms with Gasteiger partial charge in [0.15, 0.2) is 0 Å². The average molecular weight is 223 g/mol. The van der Waals surface area contributed by atoms with Gasteiger partial charge in [0.25, 0.3) is 0 Å². The highest BCUT2D eigenvalue weighted by molar-refractivity contribution is 4.91. The smallest absolute Gasteiger partial charge is 0.00904 e. The van der Waals surface area contributed by atoms with Crippen molar-refractivity contribution in [2.24, 2.45) is 23.0 Å². The van der Waals surface area contributed by atoms with E-state index in [1.165, 1.54) is 57.8 Å². The Kier molecular flexibility index (Phi) is 3.94. The van der Waals surface area contributed by atoms with E-state index in [-0.39, 0.29) is 0 Å². The Morgan fingerprint density at radius 1 is 0.812 bits per heavy atom. The first-order valence-corrected chi connectivity index (χ1v) is 7.35. The molecule has 0 aromatic rings. The maximum atomic E-state index is 6.24. The molecule has 0 aliphatic heterocycles. The van der Waals surface area contributed by atoms with Gasteiger partial charge in [-0.25, -0.2) is 0 Å². The Labute approximate surface area is 101 Å². The van der Waals surface area contributed by atoms with Gasteiger partial charge in [-0.2, -0.15) is 0 Å². The standard InChI is InChI=1S/C15H29N/c1-15(2)11-13(9-10-14(15)16)12-7-5-3-4-6-8-12/h12-14H,3-11,16H2,1-2H3. The number of hydrogen-bond donors (Lipinski definition) is 1. The molecule has 0 amide bonds. The predicted octanol–water partition coefficient (Wildman–Crippen LogP) is 4.11. The van der Waals surface area contributed by atoms with Crippen molar-refractivity contribution in [2.75, 3.05) is 0 Å². The summed E-state index contributed by atoms with van der Waals surface area (Å²) in [5.74, 6) is 2.00. The van der Waals surface area contributed by atoms with Gasteiger partial charge >= 0.3 is 0 Å². The summed E-state index contributed by atoms with van der Waals surface area (Å²) in [5, 5.41) is 0. The second-order valence-corrected chi connectivity index (χ2v) is 6.89. The fraction of sp³-hybridized carbons (Fsp3) is 1.00. The zero-order chi connectivity index (χ0) is 11.6. The number of nitrogens with two attached hydrogens (primary N) is 1. The quantitative estimate of drug-likeness (QED) is 0.665. The van der Waals surface area contributed by atoms with Gasteiger partial charge in [0, 0.05) is 6.04 Å². The van der Waals surface area contributed by atoms with Crippen molar-refractivity contribution in [3.05, 3.63) is 0 Å². The summed E-state index contributed by atoms with van der Waals surface area (Å²) < 4.78 is 0. The third-order valence-electron chi connectivity index (χ3n) is 5.21. The average Bonchev–Trinajstić information content (AvgIpc) is 2.50. The van der Waals surface area contributed by atoms with Gasteiger partial charge in [-0.1, -0.05) is 52.4 Å². The molecule has 0 saturated heterocycles. The summed E-state index contributed by atoms with van der Waals surface area (Å²) in [6.07, 6.45) is 12.9. The largest absolute Gasteiger partial charge is 0.327 e. The highest BCUT2D eigenvalue weighted by Crippen LogP contribution is 2.44. The van der Waals surface area contributed by atoms with Crippen molar-refractivity contribution in [3.8, 4) is 0 Å². The first kappa shape index (κ1) is 12.4. The summed E-state index contributed by atoms with van der Waals surface area (Å²) in [7, 11) is 0. The van der Waals surface area contributed by atoms with E-state index in [0.717, 1.165) is 11.8 Å². The van der Waals surface area contributed by atoms with Crippen LogP contribution in [0.15, 0.2) is 0 Å². The normalized spacial score (nSPS) is 36.9. The maximum absolute atomic E-state index is 6.24. The van der Waals surface area contributed by atoms with E-state index in [9.17, 15) is 0 Å². The summed E-state index contributed by atoms with van der Waals surface area (Å²) in [6, 6.07) is 0.439. The van der Waals surface area contributed by atoms with Gasteiger partial charge in [-0.15, -0.1) is 0 Å². The molecule has 2 fully saturated rings. The molecular formula is C15H29N. The Morgan fingerprint density at radius 3 is 2.00 bits per heavy atom. The second-order valence-electron chi connectivity index (χ2n) is 6.89. The van der Waals surface area contributed by atoms with Crippen LogP contribution < -0.4 is 5.73 Å². The maximum Gasteiger partial charge on any atom is 0.00904 e. The van der Waals surface area contributed by atoms with Crippen molar-refractivity contribution in [2.45, 2.75) is 77.7 Å². The number of rotatable bonds is 1. The molecular weight excluding hydrogens is 194 g/mol. The van der Waals surface area contributed by atoms with Crippen molar-refractivity contribution in [3.63, 3.8) is 0 Å². The topological polar surface area (TPSA) is 26.0 Å². The SMILES string of the molecule is CC1(C)CC(C2CCCCCC2)CCC1N. The van der Waals surface area contributed by atoms with Gasteiger partial charge in [0.1, 0.15) is 0 Å². The predicted molar refractivity (Wildman–Crippen MR) is 70.3 cm³/mol. The minimum Gasteiger partial charge on any atom is -0.327 e. The van der Waals surface area contributed by atoms with Crippen LogP contribution in [0.2, 0.25) is 0 Å². The highest BCUT2D eigenvalue weighted by atomic mass is 14.7. The van der Waals surface area contributed by atoms with Crippen molar-refractivity contribution in [1.82, 2.24) is 0 Å².